The molecule has 2 aromatic carbocycles. The van der Waals surface area contributed by atoms with Gasteiger partial charge in [-0.15, -0.1) is 16.4 Å². The van der Waals surface area contributed by atoms with Gasteiger partial charge in [0.15, 0.2) is 0 Å². The van der Waals surface area contributed by atoms with Crippen molar-refractivity contribution in [2.75, 3.05) is 13.2 Å². The summed E-state index contributed by atoms with van der Waals surface area (Å²) in [6, 6.07) is 12.7. The quantitative estimate of drug-likeness (QED) is 0.167. The van der Waals surface area contributed by atoms with E-state index in [0.717, 1.165) is 49.4 Å². The molecule has 0 saturated heterocycles. The molecule has 0 radical (unpaired) electrons. The summed E-state index contributed by atoms with van der Waals surface area (Å²) in [5.41, 5.74) is 4.90. The van der Waals surface area contributed by atoms with Gasteiger partial charge in [-0.3, -0.25) is 9.69 Å². The number of carbonyl (C=O) groups excluding carboxylic acids is 1. The zero-order chi connectivity index (χ0) is 31.9. The fraction of sp³-hybridized carbons (Fsp3) is 0.394. The molecule has 3 aromatic heterocycles. The van der Waals surface area contributed by atoms with Crippen molar-refractivity contribution in [3.05, 3.63) is 81.5 Å². The van der Waals surface area contributed by atoms with E-state index in [1.807, 2.05) is 38.4 Å². The van der Waals surface area contributed by atoms with Crippen molar-refractivity contribution in [3.63, 3.8) is 0 Å². The first-order valence-electron chi connectivity index (χ1n) is 15.0. The van der Waals surface area contributed by atoms with E-state index < -0.39 is 11.9 Å². The minimum atomic E-state index is -4.55. The average molecular weight is 638 g/mol. The van der Waals surface area contributed by atoms with Crippen LogP contribution in [0, 0.1) is 6.92 Å². The van der Waals surface area contributed by atoms with Crippen molar-refractivity contribution in [3.8, 4) is 5.75 Å². The molecule has 45 heavy (non-hydrogen) atoms. The first-order valence-corrected chi connectivity index (χ1v) is 15.8. The predicted molar refractivity (Wildman–Crippen MR) is 166 cm³/mol. The topological polar surface area (TPSA) is 82.4 Å². The van der Waals surface area contributed by atoms with E-state index in [2.05, 4.69) is 38.4 Å². The lowest BCUT2D eigenvalue weighted by molar-refractivity contribution is -0.143. The number of thiophene rings is 1. The Balaban J connectivity index is 1.41. The van der Waals surface area contributed by atoms with Crippen LogP contribution in [0.4, 0.5) is 13.2 Å². The van der Waals surface area contributed by atoms with Crippen molar-refractivity contribution in [1.82, 2.24) is 24.9 Å². The van der Waals surface area contributed by atoms with Gasteiger partial charge in [0.25, 0.3) is 0 Å². The number of hydrogen-bond acceptors (Lipinski definition) is 8. The molecule has 0 fully saturated rings. The van der Waals surface area contributed by atoms with Gasteiger partial charge < -0.3 is 9.47 Å². The van der Waals surface area contributed by atoms with Crippen LogP contribution in [0.25, 0.3) is 21.1 Å². The first-order chi connectivity index (χ1) is 21.5. The zero-order valence-corrected chi connectivity index (χ0v) is 26.3. The van der Waals surface area contributed by atoms with Gasteiger partial charge >= 0.3 is 12.1 Å². The smallest absolute Gasteiger partial charge is 0.433 e. The SMILES string of the molecule is CCOC(=O)CC(c1cc(CN2Cc3nc(C(F)(F)F)ccc3O[C@H](CC)C2)c2sccc2c1)c1ccc2c(nnn2C)c1C. The van der Waals surface area contributed by atoms with E-state index in [0.29, 0.717) is 25.3 Å². The molecule has 1 unspecified atom stereocenters. The maximum absolute atomic E-state index is 13.5. The van der Waals surface area contributed by atoms with E-state index in [1.165, 1.54) is 6.07 Å². The van der Waals surface area contributed by atoms with Gasteiger partial charge in [-0.1, -0.05) is 24.3 Å². The van der Waals surface area contributed by atoms with Gasteiger partial charge in [0, 0.05) is 37.3 Å². The Morgan fingerprint density at radius 2 is 2.00 bits per heavy atom. The summed E-state index contributed by atoms with van der Waals surface area (Å²) >= 11 is 1.62. The molecule has 6 rings (SSSR count). The van der Waals surface area contributed by atoms with E-state index >= 15 is 0 Å². The number of aryl methyl sites for hydroxylation is 2. The molecule has 0 aliphatic carbocycles. The normalized spacial score (nSPS) is 16.4. The van der Waals surface area contributed by atoms with Crippen LogP contribution in [0.15, 0.2) is 47.8 Å². The molecule has 2 atom stereocenters. The number of rotatable bonds is 8. The zero-order valence-electron chi connectivity index (χ0n) is 25.5. The van der Waals surface area contributed by atoms with Gasteiger partial charge in [-0.25, -0.2) is 9.67 Å². The Morgan fingerprint density at radius 1 is 1.18 bits per heavy atom. The Kier molecular flexibility index (Phi) is 8.53. The molecule has 0 spiro atoms. The number of alkyl halides is 3. The highest BCUT2D eigenvalue weighted by atomic mass is 32.1. The maximum atomic E-state index is 13.5. The van der Waals surface area contributed by atoms with Crippen LogP contribution < -0.4 is 4.74 Å². The summed E-state index contributed by atoms with van der Waals surface area (Å²) in [7, 11) is 1.84. The molecule has 4 heterocycles. The number of halogens is 3. The number of ether oxygens (including phenoxy) is 2. The van der Waals surface area contributed by atoms with Crippen LogP contribution in [0.2, 0.25) is 0 Å². The fourth-order valence-electron chi connectivity index (χ4n) is 6.14. The Labute approximate surface area is 262 Å². The lowest BCUT2D eigenvalue weighted by atomic mass is 9.84. The molecule has 1 aliphatic heterocycles. The van der Waals surface area contributed by atoms with Crippen molar-refractivity contribution in [1.29, 1.82) is 0 Å². The standard InChI is InChI=1S/C33H34F3N5O3S/c1-5-23-17-41(18-26-28(44-23)9-10-29(37-26)33(34,35)36)16-22-14-21(13-20-11-12-45-32(20)22)25(15-30(42)43-6-2)24-7-8-27-31(19(24)3)38-39-40(27)4/h7-14,23,25H,5-6,15-18H2,1-4H3/t23-,25?/m1/s1. The summed E-state index contributed by atoms with van der Waals surface area (Å²) in [5, 5.41) is 11.6. The van der Waals surface area contributed by atoms with Gasteiger partial charge in [0.1, 0.15) is 23.1 Å². The highest BCUT2D eigenvalue weighted by Crippen LogP contribution is 2.38. The molecular formula is C33H34F3N5O3S. The minimum absolute atomic E-state index is 0.141. The predicted octanol–water partition coefficient (Wildman–Crippen LogP) is 7.16. The highest BCUT2D eigenvalue weighted by molar-refractivity contribution is 7.17. The van der Waals surface area contributed by atoms with Crippen molar-refractivity contribution in [2.45, 2.75) is 64.9 Å². The minimum Gasteiger partial charge on any atom is -0.487 e. The van der Waals surface area contributed by atoms with E-state index in [4.69, 9.17) is 9.47 Å². The number of pyridine rings is 1. The van der Waals surface area contributed by atoms with Crippen molar-refractivity contribution < 1.29 is 27.4 Å². The van der Waals surface area contributed by atoms with Crippen LogP contribution in [-0.2, 0) is 35.8 Å². The second-order valence-electron chi connectivity index (χ2n) is 11.4. The number of fused-ring (bicyclic) bond motifs is 3. The third-order valence-corrected chi connectivity index (χ3v) is 9.39. The van der Waals surface area contributed by atoms with Gasteiger partial charge in [0.2, 0.25) is 0 Å². The summed E-state index contributed by atoms with van der Waals surface area (Å²) in [6.45, 7) is 7.27. The van der Waals surface area contributed by atoms with Crippen molar-refractivity contribution in [2.24, 2.45) is 7.05 Å². The van der Waals surface area contributed by atoms with Crippen molar-refractivity contribution >= 4 is 38.4 Å². The Hall–Kier alpha value is -4.03. The van der Waals surface area contributed by atoms with Crippen LogP contribution in [-0.4, -0.2) is 50.1 Å². The summed E-state index contributed by atoms with van der Waals surface area (Å²) in [6.07, 6.45) is -3.92. The highest BCUT2D eigenvalue weighted by Gasteiger charge is 2.34. The molecule has 0 saturated carbocycles. The summed E-state index contributed by atoms with van der Waals surface area (Å²) in [4.78, 5) is 19.0. The fourth-order valence-corrected chi connectivity index (χ4v) is 7.03. The molecule has 236 valence electrons. The molecule has 0 bridgehead atoms. The third-order valence-electron chi connectivity index (χ3n) is 8.38. The number of benzene rings is 2. The lowest BCUT2D eigenvalue weighted by Crippen LogP contribution is -2.32. The van der Waals surface area contributed by atoms with E-state index in [9.17, 15) is 18.0 Å². The molecule has 8 nitrogen and oxygen atoms in total. The average Bonchev–Trinajstić information content (AvgIpc) is 3.58. The molecular weight excluding hydrogens is 603 g/mol. The van der Waals surface area contributed by atoms with Gasteiger partial charge in [-0.2, -0.15) is 13.2 Å². The van der Waals surface area contributed by atoms with Crippen LogP contribution >= 0.6 is 11.3 Å². The molecule has 0 N–H and O–H groups in total. The number of nitrogens with zero attached hydrogens (tertiary/aromatic N) is 5. The molecule has 5 aromatic rings. The number of hydrogen-bond donors (Lipinski definition) is 0. The first kappa shape index (κ1) is 31.0. The van der Waals surface area contributed by atoms with E-state index in [-0.39, 0.29) is 43.3 Å². The van der Waals surface area contributed by atoms with Gasteiger partial charge in [-0.05, 0) is 83.6 Å². The number of carbonyl (C=O) groups is 1. The Bertz CT molecular complexity index is 1870. The second-order valence-corrected chi connectivity index (χ2v) is 12.3. The molecule has 0 amide bonds. The molecule has 12 heteroatoms. The van der Waals surface area contributed by atoms with Crippen LogP contribution in [0.5, 0.6) is 5.75 Å². The number of aromatic nitrogens is 4. The summed E-state index contributed by atoms with van der Waals surface area (Å²) < 4.78 is 55.0. The van der Waals surface area contributed by atoms with Crippen LogP contribution in [0.1, 0.15) is 66.2 Å². The van der Waals surface area contributed by atoms with Crippen LogP contribution in [0.3, 0.4) is 0 Å². The lowest BCUT2D eigenvalue weighted by Gasteiger charge is -2.25. The Morgan fingerprint density at radius 3 is 2.76 bits per heavy atom. The van der Waals surface area contributed by atoms with Gasteiger partial charge in [0.05, 0.1) is 24.2 Å². The number of esters is 1. The monoisotopic (exact) mass is 637 g/mol. The largest absolute Gasteiger partial charge is 0.487 e. The molecule has 1 aliphatic rings. The maximum Gasteiger partial charge on any atom is 0.433 e. The second kappa shape index (κ2) is 12.4. The summed E-state index contributed by atoms with van der Waals surface area (Å²) in [5.74, 6) is -0.227. The van der Waals surface area contributed by atoms with E-state index in [1.54, 1.807) is 22.9 Å². The third kappa shape index (κ3) is 6.26.